The van der Waals surface area contributed by atoms with Crippen molar-refractivity contribution in [3.8, 4) is 0 Å². The molecule has 21 heavy (non-hydrogen) atoms. The van der Waals surface area contributed by atoms with Gasteiger partial charge in [-0.2, -0.15) is 0 Å². The van der Waals surface area contributed by atoms with Crippen molar-refractivity contribution in [3.63, 3.8) is 0 Å². The Bertz CT molecular complexity index is 470. The Morgan fingerprint density at radius 2 is 2.10 bits per heavy atom. The van der Waals surface area contributed by atoms with Gasteiger partial charge in [0.05, 0.1) is 19.8 Å². The molecule has 1 saturated carbocycles. The van der Waals surface area contributed by atoms with E-state index in [1.54, 1.807) is 0 Å². The molecule has 6 heteroatoms. The molecule has 1 aromatic rings. The van der Waals surface area contributed by atoms with Gasteiger partial charge >= 0.3 is 0 Å². The highest BCUT2D eigenvalue weighted by Crippen LogP contribution is 2.42. The molecule has 0 aromatic carbocycles. The Morgan fingerprint density at radius 1 is 1.33 bits per heavy atom. The number of aliphatic imine (C=N–C) groups is 1. The number of aromatic nitrogens is 1. The molecule has 1 aliphatic carbocycles. The van der Waals surface area contributed by atoms with E-state index in [-0.39, 0.29) is 29.4 Å². The van der Waals surface area contributed by atoms with Gasteiger partial charge in [0, 0.05) is 30.4 Å². The van der Waals surface area contributed by atoms with Crippen LogP contribution in [0.3, 0.4) is 0 Å². The zero-order valence-electron chi connectivity index (χ0n) is 12.2. The Balaban J connectivity index is 0.00000161. The number of morpholine rings is 1. The summed E-state index contributed by atoms with van der Waals surface area (Å²) in [5.74, 6) is 0.649. The molecular formula is C15H23IN4O. The van der Waals surface area contributed by atoms with E-state index in [0.29, 0.717) is 5.96 Å². The molecule has 0 amide bonds. The van der Waals surface area contributed by atoms with E-state index in [0.717, 1.165) is 51.4 Å². The molecule has 2 heterocycles. The maximum absolute atomic E-state index is 6.11. The summed E-state index contributed by atoms with van der Waals surface area (Å²) in [7, 11) is 0. The first-order valence-corrected chi connectivity index (χ1v) is 7.34. The Morgan fingerprint density at radius 3 is 2.67 bits per heavy atom. The second-order valence-corrected chi connectivity index (χ2v) is 5.62. The van der Waals surface area contributed by atoms with Crippen LogP contribution in [-0.2, 0) is 10.2 Å². The molecule has 3 rings (SSSR count). The van der Waals surface area contributed by atoms with Crippen molar-refractivity contribution in [2.75, 3.05) is 32.8 Å². The number of ether oxygens (including phenoxy) is 1. The molecule has 2 fully saturated rings. The Hall–Kier alpha value is -0.890. The molecule has 116 valence electrons. The van der Waals surface area contributed by atoms with Crippen LogP contribution in [0.4, 0.5) is 0 Å². The fraction of sp³-hybridized carbons (Fsp3) is 0.600. The number of pyridine rings is 1. The number of rotatable bonds is 3. The molecule has 0 spiro atoms. The van der Waals surface area contributed by atoms with E-state index in [2.05, 4.69) is 27.0 Å². The van der Waals surface area contributed by atoms with Crippen LogP contribution in [0.5, 0.6) is 0 Å². The number of hydrogen-bond acceptors (Lipinski definition) is 3. The third-order valence-electron chi connectivity index (χ3n) is 4.40. The zero-order chi connectivity index (χ0) is 13.8. The average molecular weight is 402 g/mol. The minimum Gasteiger partial charge on any atom is -0.378 e. The highest BCUT2D eigenvalue weighted by Gasteiger charge is 2.39. The van der Waals surface area contributed by atoms with Crippen molar-refractivity contribution in [1.29, 1.82) is 0 Å². The number of nitrogens with zero attached hydrogens (tertiary/aromatic N) is 3. The quantitative estimate of drug-likeness (QED) is 0.476. The normalized spacial score (nSPS) is 21.3. The summed E-state index contributed by atoms with van der Waals surface area (Å²) in [6.07, 6.45) is 5.43. The fourth-order valence-corrected chi connectivity index (χ4v) is 2.90. The monoisotopic (exact) mass is 402 g/mol. The lowest BCUT2D eigenvalue weighted by Crippen LogP contribution is -2.46. The molecule has 2 N–H and O–H groups in total. The lowest BCUT2D eigenvalue weighted by Gasteiger charge is -2.40. The van der Waals surface area contributed by atoms with Gasteiger partial charge in [-0.05, 0) is 25.0 Å². The second kappa shape index (κ2) is 7.40. The molecule has 0 bridgehead atoms. The number of nitrogens with two attached hydrogens (primary N) is 1. The fourth-order valence-electron chi connectivity index (χ4n) is 2.90. The number of halogens is 1. The van der Waals surface area contributed by atoms with Gasteiger partial charge in [0.2, 0.25) is 0 Å². The first kappa shape index (κ1) is 16.5. The maximum Gasteiger partial charge on any atom is 0.191 e. The largest absolute Gasteiger partial charge is 0.378 e. The van der Waals surface area contributed by atoms with E-state index < -0.39 is 0 Å². The van der Waals surface area contributed by atoms with Crippen LogP contribution in [0.15, 0.2) is 29.4 Å². The highest BCUT2D eigenvalue weighted by atomic mass is 127. The smallest absolute Gasteiger partial charge is 0.191 e. The van der Waals surface area contributed by atoms with E-state index in [4.69, 9.17) is 10.5 Å². The summed E-state index contributed by atoms with van der Waals surface area (Å²) >= 11 is 0. The number of hydrogen-bond donors (Lipinski definition) is 1. The average Bonchev–Trinajstić information content (AvgIpc) is 2.48. The van der Waals surface area contributed by atoms with E-state index in [1.165, 1.54) is 6.42 Å². The van der Waals surface area contributed by atoms with Crippen LogP contribution in [0, 0.1) is 0 Å². The van der Waals surface area contributed by atoms with Crippen LogP contribution >= 0.6 is 24.0 Å². The summed E-state index contributed by atoms with van der Waals surface area (Å²) in [4.78, 5) is 11.3. The van der Waals surface area contributed by atoms with Crippen molar-refractivity contribution in [1.82, 2.24) is 9.88 Å². The molecule has 5 nitrogen and oxygen atoms in total. The lowest BCUT2D eigenvalue weighted by molar-refractivity contribution is 0.0672. The molecule has 0 unspecified atom stereocenters. The summed E-state index contributed by atoms with van der Waals surface area (Å²) in [5, 5.41) is 0. The predicted octanol–water partition coefficient (Wildman–Crippen LogP) is 1.77. The van der Waals surface area contributed by atoms with Crippen molar-refractivity contribution in [2.24, 2.45) is 10.7 Å². The third kappa shape index (κ3) is 3.66. The molecule has 2 aliphatic rings. The molecule has 0 atom stereocenters. The lowest BCUT2D eigenvalue weighted by atomic mass is 9.66. The zero-order valence-corrected chi connectivity index (χ0v) is 14.5. The Kier molecular flexibility index (Phi) is 5.80. The van der Waals surface area contributed by atoms with Crippen LogP contribution in [0.1, 0.15) is 25.0 Å². The van der Waals surface area contributed by atoms with Crippen molar-refractivity contribution < 1.29 is 4.74 Å². The summed E-state index contributed by atoms with van der Waals surface area (Å²) in [5.41, 5.74) is 7.38. The van der Waals surface area contributed by atoms with Gasteiger partial charge in [-0.3, -0.25) is 9.98 Å². The predicted molar refractivity (Wildman–Crippen MR) is 94.1 cm³/mol. The molecule has 1 aliphatic heterocycles. The summed E-state index contributed by atoms with van der Waals surface area (Å²) < 4.78 is 5.33. The van der Waals surface area contributed by atoms with Crippen molar-refractivity contribution in [2.45, 2.75) is 24.7 Å². The third-order valence-corrected chi connectivity index (χ3v) is 4.40. The van der Waals surface area contributed by atoms with E-state index >= 15 is 0 Å². The van der Waals surface area contributed by atoms with Gasteiger partial charge in [0.25, 0.3) is 0 Å². The standard InChI is InChI=1S/C15H22N4O.HI/c16-14(19-8-10-20-11-9-19)18-12-15(5-3-6-15)13-4-1-2-7-17-13;/h1-2,4,7H,3,5-6,8-12H2,(H2,16,18);1H. The van der Waals surface area contributed by atoms with E-state index in [9.17, 15) is 0 Å². The molecule has 0 radical (unpaired) electrons. The van der Waals surface area contributed by atoms with Gasteiger partial charge in [-0.1, -0.05) is 12.5 Å². The van der Waals surface area contributed by atoms with Gasteiger partial charge in [0.15, 0.2) is 5.96 Å². The first-order chi connectivity index (χ1) is 9.80. The van der Waals surface area contributed by atoms with Crippen LogP contribution < -0.4 is 5.73 Å². The molecule has 1 aromatic heterocycles. The van der Waals surface area contributed by atoms with Gasteiger partial charge in [0.1, 0.15) is 0 Å². The van der Waals surface area contributed by atoms with Gasteiger partial charge in [-0.15, -0.1) is 24.0 Å². The second-order valence-electron chi connectivity index (χ2n) is 5.62. The maximum atomic E-state index is 6.11. The van der Waals surface area contributed by atoms with Crippen LogP contribution in [0.2, 0.25) is 0 Å². The number of guanidine groups is 1. The minimum atomic E-state index is 0. The van der Waals surface area contributed by atoms with Crippen LogP contribution in [-0.4, -0.2) is 48.7 Å². The first-order valence-electron chi connectivity index (χ1n) is 7.34. The summed E-state index contributed by atoms with van der Waals surface area (Å²) in [6.45, 7) is 3.90. The molecular weight excluding hydrogens is 379 g/mol. The highest BCUT2D eigenvalue weighted by molar-refractivity contribution is 14.0. The van der Waals surface area contributed by atoms with Crippen molar-refractivity contribution in [3.05, 3.63) is 30.1 Å². The van der Waals surface area contributed by atoms with Crippen molar-refractivity contribution >= 4 is 29.9 Å². The SMILES string of the molecule is I.NC(=NCC1(c2ccccn2)CCC1)N1CCOCC1. The van der Waals surface area contributed by atoms with E-state index in [1.807, 2.05) is 12.3 Å². The van der Waals surface area contributed by atoms with Gasteiger partial charge < -0.3 is 15.4 Å². The van der Waals surface area contributed by atoms with Gasteiger partial charge in [-0.25, -0.2) is 0 Å². The Labute approximate surface area is 143 Å². The van der Waals surface area contributed by atoms with Crippen LogP contribution in [0.25, 0.3) is 0 Å². The topological polar surface area (TPSA) is 63.7 Å². The minimum absolute atomic E-state index is 0. The summed E-state index contributed by atoms with van der Waals surface area (Å²) in [6, 6.07) is 6.12. The molecule has 1 saturated heterocycles.